The number of anilines is 1. The van der Waals surface area contributed by atoms with E-state index in [0.717, 1.165) is 0 Å². The van der Waals surface area contributed by atoms with Crippen LogP contribution in [0.5, 0.6) is 11.5 Å². The Morgan fingerprint density at radius 2 is 2.05 bits per heavy atom. The van der Waals surface area contributed by atoms with Gasteiger partial charge in [-0.05, 0) is 29.8 Å². The maximum atomic E-state index is 12.0. The van der Waals surface area contributed by atoms with Crippen molar-refractivity contribution < 1.29 is 14.6 Å². The number of rotatable bonds is 3. The Kier molecular flexibility index (Phi) is 4.26. The number of carbonyl (C=O) groups excluding carboxylic acids is 1. The van der Waals surface area contributed by atoms with Crippen molar-refractivity contribution in [2.45, 2.75) is 0 Å². The fourth-order valence-corrected chi connectivity index (χ4v) is 1.88. The summed E-state index contributed by atoms with van der Waals surface area (Å²) in [5.74, 6) is -0.183. The molecule has 1 aromatic heterocycles. The molecule has 0 aliphatic rings. The molecule has 0 spiro atoms. The molecule has 104 valence electrons. The highest BCUT2D eigenvalue weighted by molar-refractivity contribution is 6.32. The van der Waals surface area contributed by atoms with Gasteiger partial charge in [0.25, 0.3) is 5.91 Å². The Bertz CT molecular complexity index is 644. The number of benzene rings is 1. The van der Waals surface area contributed by atoms with Crippen LogP contribution < -0.4 is 10.1 Å². The van der Waals surface area contributed by atoms with Gasteiger partial charge in [0.15, 0.2) is 11.5 Å². The van der Waals surface area contributed by atoms with E-state index in [-0.39, 0.29) is 33.3 Å². The molecule has 0 radical (unpaired) electrons. The van der Waals surface area contributed by atoms with Crippen molar-refractivity contribution in [3.05, 3.63) is 40.3 Å². The first-order valence-corrected chi connectivity index (χ1v) is 6.13. The third-order valence-corrected chi connectivity index (χ3v) is 2.71. The zero-order valence-electron chi connectivity index (χ0n) is 10.2. The van der Waals surface area contributed by atoms with Gasteiger partial charge in [-0.3, -0.25) is 4.79 Å². The van der Waals surface area contributed by atoms with E-state index < -0.39 is 5.91 Å². The van der Waals surface area contributed by atoms with Crippen LogP contribution in [0.1, 0.15) is 10.4 Å². The second kappa shape index (κ2) is 5.94. The fraction of sp³-hybridized carbons (Fsp3) is 0.0833. The number of phenolic OH excluding ortho intramolecular Hbond substituents is 1. The highest BCUT2D eigenvalue weighted by Gasteiger charge is 2.11. The van der Waals surface area contributed by atoms with Crippen molar-refractivity contribution >= 4 is 34.9 Å². The number of nitrogens with one attached hydrogen (secondary N) is 1. The lowest BCUT2D eigenvalue weighted by molar-refractivity contribution is 0.102. The summed E-state index contributed by atoms with van der Waals surface area (Å²) < 4.78 is 4.89. The van der Waals surface area contributed by atoms with E-state index >= 15 is 0 Å². The van der Waals surface area contributed by atoms with Gasteiger partial charge in [-0.2, -0.15) is 0 Å². The van der Waals surface area contributed by atoms with Crippen molar-refractivity contribution in [2.24, 2.45) is 0 Å². The Hall–Kier alpha value is -2.05. The fourth-order valence-electron chi connectivity index (χ4n) is 1.47. The van der Waals surface area contributed by atoms with E-state index in [2.05, 4.69) is 15.3 Å². The minimum absolute atomic E-state index is 0.0784. The molecule has 20 heavy (non-hydrogen) atoms. The first-order valence-electron chi connectivity index (χ1n) is 5.38. The SMILES string of the molecule is COc1ccc(C(=O)Nc2cc(Cl)nc(Cl)n2)cc1O. The van der Waals surface area contributed by atoms with Crippen LogP contribution in [-0.2, 0) is 0 Å². The molecule has 6 nitrogen and oxygen atoms in total. The van der Waals surface area contributed by atoms with Crippen LogP contribution in [0.25, 0.3) is 0 Å². The summed E-state index contributed by atoms with van der Waals surface area (Å²) in [5, 5.41) is 12.1. The number of nitrogens with zero attached hydrogens (tertiary/aromatic N) is 2. The number of hydrogen-bond donors (Lipinski definition) is 2. The molecule has 0 saturated heterocycles. The first kappa shape index (κ1) is 14.4. The molecule has 2 N–H and O–H groups in total. The molecule has 0 fully saturated rings. The molecule has 0 saturated carbocycles. The van der Waals surface area contributed by atoms with Gasteiger partial charge >= 0.3 is 0 Å². The Balaban J connectivity index is 2.21. The van der Waals surface area contributed by atoms with Crippen molar-refractivity contribution in [1.82, 2.24) is 9.97 Å². The van der Waals surface area contributed by atoms with Crippen LogP contribution >= 0.6 is 23.2 Å². The molecule has 2 rings (SSSR count). The third kappa shape index (κ3) is 3.28. The highest BCUT2D eigenvalue weighted by atomic mass is 35.5. The van der Waals surface area contributed by atoms with Crippen molar-refractivity contribution in [2.75, 3.05) is 12.4 Å². The summed E-state index contributed by atoms with van der Waals surface area (Å²) in [6.07, 6.45) is 0. The normalized spacial score (nSPS) is 10.2. The van der Waals surface area contributed by atoms with E-state index in [9.17, 15) is 9.90 Å². The molecule has 1 aromatic carbocycles. The number of methoxy groups -OCH3 is 1. The van der Waals surface area contributed by atoms with Crippen molar-refractivity contribution in [3.8, 4) is 11.5 Å². The first-order chi connectivity index (χ1) is 9.49. The highest BCUT2D eigenvalue weighted by Crippen LogP contribution is 2.26. The lowest BCUT2D eigenvalue weighted by atomic mass is 10.2. The molecular formula is C12H9Cl2N3O3. The van der Waals surface area contributed by atoms with Crippen molar-refractivity contribution in [3.63, 3.8) is 0 Å². The van der Waals surface area contributed by atoms with E-state index in [0.29, 0.717) is 0 Å². The molecular weight excluding hydrogens is 305 g/mol. The molecule has 0 aliphatic carbocycles. The standard InChI is InChI=1S/C12H9Cl2N3O3/c1-20-8-3-2-6(4-7(8)18)11(19)16-10-5-9(13)15-12(14)17-10/h2-5,18H,1H3,(H,15,16,17,19). The van der Waals surface area contributed by atoms with Crippen LogP contribution in [0.15, 0.2) is 24.3 Å². The number of hydrogen-bond acceptors (Lipinski definition) is 5. The van der Waals surface area contributed by atoms with Gasteiger partial charge in [0, 0.05) is 11.6 Å². The van der Waals surface area contributed by atoms with Crippen LogP contribution in [-0.4, -0.2) is 28.1 Å². The van der Waals surface area contributed by atoms with E-state index in [1.54, 1.807) is 0 Å². The predicted molar refractivity (Wildman–Crippen MR) is 74.7 cm³/mol. The average molecular weight is 314 g/mol. The lowest BCUT2D eigenvalue weighted by Gasteiger charge is -2.07. The quantitative estimate of drug-likeness (QED) is 0.672. The van der Waals surface area contributed by atoms with Gasteiger partial charge in [-0.25, -0.2) is 9.97 Å². The monoisotopic (exact) mass is 313 g/mol. The molecule has 0 unspecified atom stereocenters. The molecule has 8 heteroatoms. The second-order valence-electron chi connectivity index (χ2n) is 3.69. The largest absolute Gasteiger partial charge is 0.504 e. The van der Waals surface area contributed by atoms with Gasteiger partial charge in [0.05, 0.1) is 7.11 Å². The van der Waals surface area contributed by atoms with E-state index in [1.807, 2.05) is 0 Å². The number of aromatic hydroxyl groups is 1. The summed E-state index contributed by atoms with van der Waals surface area (Å²) >= 11 is 11.3. The van der Waals surface area contributed by atoms with Gasteiger partial charge in [0.2, 0.25) is 5.28 Å². The third-order valence-electron chi connectivity index (χ3n) is 2.35. The Morgan fingerprint density at radius 3 is 2.65 bits per heavy atom. The van der Waals surface area contributed by atoms with Gasteiger partial charge in [-0.15, -0.1) is 0 Å². The van der Waals surface area contributed by atoms with E-state index in [4.69, 9.17) is 27.9 Å². The molecule has 1 heterocycles. The van der Waals surface area contributed by atoms with Crippen molar-refractivity contribution in [1.29, 1.82) is 0 Å². The molecule has 1 amide bonds. The number of ether oxygens (including phenoxy) is 1. The summed E-state index contributed by atoms with van der Waals surface area (Å²) in [4.78, 5) is 19.4. The number of amides is 1. The predicted octanol–water partition coefficient (Wildman–Crippen LogP) is 2.75. The Morgan fingerprint density at radius 1 is 1.30 bits per heavy atom. The molecule has 0 atom stereocenters. The maximum Gasteiger partial charge on any atom is 0.256 e. The Labute approximate surface area is 124 Å². The number of carbonyl (C=O) groups is 1. The van der Waals surface area contributed by atoms with Crippen LogP contribution in [0.3, 0.4) is 0 Å². The van der Waals surface area contributed by atoms with E-state index in [1.165, 1.54) is 31.4 Å². The smallest absolute Gasteiger partial charge is 0.256 e. The van der Waals surface area contributed by atoms with Gasteiger partial charge < -0.3 is 15.2 Å². The van der Waals surface area contributed by atoms with Gasteiger partial charge in [-0.1, -0.05) is 11.6 Å². The van der Waals surface area contributed by atoms with Gasteiger partial charge in [0.1, 0.15) is 11.0 Å². The molecule has 0 bridgehead atoms. The van der Waals surface area contributed by atoms with Crippen LogP contribution in [0.4, 0.5) is 5.82 Å². The second-order valence-corrected chi connectivity index (χ2v) is 4.41. The zero-order valence-corrected chi connectivity index (χ0v) is 11.7. The number of halogens is 2. The summed E-state index contributed by atoms with van der Waals surface area (Å²) in [7, 11) is 1.42. The molecule has 2 aromatic rings. The minimum Gasteiger partial charge on any atom is -0.504 e. The van der Waals surface area contributed by atoms with Crippen LogP contribution in [0.2, 0.25) is 10.4 Å². The summed E-state index contributed by atoms with van der Waals surface area (Å²) in [6.45, 7) is 0. The van der Waals surface area contributed by atoms with Crippen LogP contribution in [0, 0.1) is 0 Å². The topological polar surface area (TPSA) is 84.3 Å². The summed E-state index contributed by atoms with van der Waals surface area (Å²) in [5.41, 5.74) is 0.231. The number of phenols is 1. The minimum atomic E-state index is -0.478. The number of aromatic nitrogens is 2. The zero-order chi connectivity index (χ0) is 14.7. The average Bonchev–Trinajstić information content (AvgIpc) is 2.37. The summed E-state index contributed by atoms with van der Waals surface area (Å²) in [6, 6.07) is 5.61. The maximum absolute atomic E-state index is 12.0. The lowest BCUT2D eigenvalue weighted by Crippen LogP contribution is -2.13. The molecule has 0 aliphatic heterocycles.